The van der Waals surface area contributed by atoms with Crippen molar-refractivity contribution in [1.82, 2.24) is 21.5 Å². The molecule has 0 bridgehead atoms. The molecule has 2 aliphatic heterocycles. The van der Waals surface area contributed by atoms with Crippen LogP contribution in [0.2, 0.25) is 0 Å². The lowest BCUT2D eigenvalue weighted by atomic mass is 10.7. The molecule has 6 nitrogen and oxygen atoms in total. The van der Waals surface area contributed by atoms with Gasteiger partial charge in [0.05, 0.1) is 6.54 Å². The second-order valence-corrected chi connectivity index (χ2v) is 2.16. The largest absolute Gasteiger partial charge is 0.329 e. The van der Waals surface area contributed by atoms with Crippen LogP contribution < -0.4 is 21.5 Å². The van der Waals surface area contributed by atoms with E-state index in [1.807, 2.05) is 17.6 Å². The van der Waals surface area contributed by atoms with Gasteiger partial charge in [0.15, 0.2) is 0 Å². The Bertz CT molecular complexity index is 194. The summed E-state index contributed by atoms with van der Waals surface area (Å²) in [6.45, 7) is 1.08. The van der Waals surface area contributed by atoms with E-state index in [9.17, 15) is 9.59 Å². The summed E-state index contributed by atoms with van der Waals surface area (Å²) in [5.74, 6) is -0.259. The zero-order valence-electron chi connectivity index (χ0n) is 6.39. The number of amides is 3. The molecule has 3 amide bonds. The smallest absolute Gasteiger partial charge is 0.321 e. The number of imide groups is 1. The molecule has 0 atom stereocenters. The Hall–Kier alpha value is -1.56. The fraction of sp³-hybridized carbons (Fsp3) is 0.333. The Balaban J connectivity index is 0.000000127. The highest BCUT2D eigenvalue weighted by molar-refractivity contribution is 6.01. The van der Waals surface area contributed by atoms with Gasteiger partial charge >= 0.3 is 6.03 Å². The molecule has 2 heterocycles. The molecule has 0 aromatic rings. The van der Waals surface area contributed by atoms with Crippen LogP contribution in [-0.2, 0) is 4.79 Å². The molecule has 2 rings (SSSR count). The number of urea groups is 1. The van der Waals surface area contributed by atoms with Crippen molar-refractivity contribution >= 4 is 11.9 Å². The van der Waals surface area contributed by atoms with E-state index in [-0.39, 0.29) is 12.5 Å². The van der Waals surface area contributed by atoms with Crippen molar-refractivity contribution in [3.8, 4) is 0 Å². The lowest BCUT2D eigenvalue weighted by Crippen LogP contribution is -2.22. The van der Waals surface area contributed by atoms with E-state index >= 15 is 0 Å². The third-order valence-electron chi connectivity index (χ3n) is 1.19. The van der Waals surface area contributed by atoms with Gasteiger partial charge in [0, 0.05) is 12.7 Å². The van der Waals surface area contributed by atoms with E-state index in [2.05, 4.69) is 16.2 Å². The molecule has 66 valence electrons. The van der Waals surface area contributed by atoms with Gasteiger partial charge in [-0.05, 0) is 0 Å². The fourth-order valence-electron chi connectivity index (χ4n) is 0.670. The van der Waals surface area contributed by atoms with Crippen molar-refractivity contribution in [2.24, 2.45) is 0 Å². The SMILES string of the molecule is C1=CNNC1.O=C1CNC(=O)N1. The lowest BCUT2D eigenvalue weighted by Gasteiger charge is -1.83. The minimum atomic E-state index is -0.398. The molecule has 12 heavy (non-hydrogen) atoms. The number of hydrazine groups is 1. The van der Waals surface area contributed by atoms with Gasteiger partial charge in [-0.2, -0.15) is 0 Å². The minimum absolute atomic E-state index is 0.124. The number of carbonyl (C=O) groups excluding carboxylic acids is 2. The van der Waals surface area contributed by atoms with Crippen molar-refractivity contribution in [3.05, 3.63) is 12.3 Å². The first-order valence-electron chi connectivity index (χ1n) is 3.50. The number of carbonyl (C=O) groups is 2. The topological polar surface area (TPSA) is 82.3 Å². The molecule has 1 fully saturated rings. The summed E-state index contributed by atoms with van der Waals surface area (Å²) in [6, 6.07) is -0.398. The molecular weight excluding hydrogens is 160 g/mol. The van der Waals surface area contributed by atoms with E-state index in [0.717, 1.165) is 6.54 Å². The van der Waals surface area contributed by atoms with Crippen LogP contribution in [0.3, 0.4) is 0 Å². The van der Waals surface area contributed by atoms with Crippen molar-refractivity contribution in [2.75, 3.05) is 13.1 Å². The van der Waals surface area contributed by atoms with Crippen LogP contribution in [0.4, 0.5) is 4.79 Å². The highest BCUT2D eigenvalue weighted by Gasteiger charge is 2.14. The van der Waals surface area contributed by atoms with E-state index in [1.165, 1.54) is 0 Å². The normalized spacial score (nSPS) is 19.0. The molecule has 1 saturated heterocycles. The zero-order valence-corrected chi connectivity index (χ0v) is 6.39. The Morgan fingerprint density at radius 2 is 2.17 bits per heavy atom. The third-order valence-corrected chi connectivity index (χ3v) is 1.19. The summed E-state index contributed by atoms with van der Waals surface area (Å²) >= 11 is 0. The van der Waals surface area contributed by atoms with Gasteiger partial charge < -0.3 is 10.7 Å². The highest BCUT2D eigenvalue weighted by atomic mass is 16.2. The predicted octanol–water partition coefficient (Wildman–Crippen LogP) is -1.57. The summed E-state index contributed by atoms with van der Waals surface area (Å²) in [4.78, 5) is 20.1. The van der Waals surface area contributed by atoms with Gasteiger partial charge in [0.1, 0.15) is 0 Å². The number of hydrogen-bond acceptors (Lipinski definition) is 4. The van der Waals surface area contributed by atoms with Gasteiger partial charge in [0.2, 0.25) is 5.91 Å². The van der Waals surface area contributed by atoms with Crippen LogP contribution in [0.25, 0.3) is 0 Å². The maximum Gasteiger partial charge on any atom is 0.321 e. The van der Waals surface area contributed by atoms with Crippen LogP contribution in [-0.4, -0.2) is 25.0 Å². The lowest BCUT2D eigenvalue weighted by molar-refractivity contribution is -0.117. The number of rotatable bonds is 0. The van der Waals surface area contributed by atoms with Gasteiger partial charge in [-0.3, -0.25) is 10.1 Å². The third kappa shape index (κ3) is 3.02. The predicted molar refractivity (Wildman–Crippen MR) is 41.8 cm³/mol. The number of nitrogens with one attached hydrogen (secondary N) is 4. The van der Waals surface area contributed by atoms with Crippen molar-refractivity contribution in [3.63, 3.8) is 0 Å². The molecule has 0 aromatic heterocycles. The second kappa shape index (κ2) is 4.35. The Kier molecular flexibility index (Phi) is 3.09. The standard InChI is InChI=1S/C3H4N2O2.C3H6N2/c6-2-1-4-3(7)5-2;1-2-4-5-3-1/h1H2,(H2,4,5,6,7);1-2,4-5H,3H2. The molecule has 4 N–H and O–H groups in total. The quantitative estimate of drug-likeness (QED) is 0.331. The van der Waals surface area contributed by atoms with Gasteiger partial charge in [-0.1, -0.05) is 6.08 Å². The summed E-state index contributed by atoms with van der Waals surface area (Å²) in [5.41, 5.74) is 5.65. The van der Waals surface area contributed by atoms with E-state index in [4.69, 9.17) is 0 Å². The molecule has 0 aliphatic carbocycles. The molecular formula is C6H10N4O2. The molecule has 2 aliphatic rings. The molecule has 0 unspecified atom stereocenters. The molecule has 0 radical (unpaired) electrons. The van der Waals surface area contributed by atoms with E-state index < -0.39 is 6.03 Å². The Morgan fingerprint density at radius 3 is 2.33 bits per heavy atom. The summed E-state index contributed by atoms with van der Waals surface area (Å²) in [5, 5.41) is 4.30. The average molecular weight is 170 g/mol. The average Bonchev–Trinajstić information content (AvgIpc) is 2.63. The van der Waals surface area contributed by atoms with E-state index in [1.54, 1.807) is 0 Å². The molecule has 6 heteroatoms. The number of hydrogen-bond donors (Lipinski definition) is 4. The first-order chi connectivity index (χ1) is 5.79. The Labute approximate surface area is 69.4 Å². The van der Waals surface area contributed by atoms with Crippen LogP contribution in [0.1, 0.15) is 0 Å². The molecule has 0 spiro atoms. The second-order valence-electron chi connectivity index (χ2n) is 2.16. The minimum Gasteiger partial charge on any atom is -0.329 e. The zero-order chi connectivity index (χ0) is 8.81. The van der Waals surface area contributed by atoms with Crippen LogP contribution in [0.5, 0.6) is 0 Å². The summed E-state index contributed by atoms with van der Waals surface area (Å²) < 4.78 is 0. The van der Waals surface area contributed by atoms with Gasteiger partial charge in [0.25, 0.3) is 0 Å². The van der Waals surface area contributed by atoms with Crippen LogP contribution in [0, 0.1) is 0 Å². The van der Waals surface area contributed by atoms with Gasteiger partial charge in [-0.25, -0.2) is 10.2 Å². The van der Waals surface area contributed by atoms with Crippen molar-refractivity contribution < 1.29 is 9.59 Å². The van der Waals surface area contributed by atoms with E-state index in [0.29, 0.717) is 0 Å². The summed E-state index contributed by atoms with van der Waals surface area (Å²) in [7, 11) is 0. The van der Waals surface area contributed by atoms with Gasteiger partial charge in [-0.15, -0.1) is 0 Å². The monoisotopic (exact) mass is 170 g/mol. The maximum atomic E-state index is 10.1. The maximum absolute atomic E-state index is 10.1. The Morgan fingerprint density at radius 1 is 1.33 bits per heavy atom. The summed E-state index contributed by atoms with van der Waals surface area (Å²) in [6.07, 6.45) is 3.89. The first-order valence-corrected chi connectivity index (χ1v) is 3.50. The van der Waals surface area contributed by atoms with Crippen LogP contribution >= 0.6 is 0 Å². The highest BCUT2D eigenvalue weighted by Crippen LogP contribution is 1.73. The van der Waals surface area contributed by atoms with Crippen molar-refractivity contribution in [1.29, 1.82) is 0 Å². The van der Waals surface area contributed by atoms with Crippen molar-refractivity contribution in [2.45, 2.75) is 0 Å². The first kappa shape index (κ1) is 8.54. The van der Waals surface area contributed by atoms with Crippen LogP contribution in [0.15, 0.2) is 12.3 Å². The molecule has 0 aromatic carbocycles. The molecule has 0 saturated carbocycles. The fourth-order valence-corrected chi connectivity index (χ4v) is 0.670.